The molecule has 0 unspecified atom stereocenters. The molecular weight excluding hydrogens is 224 g/mol. The van der Waals surface area contributed by atoms with E-state index in [9.17, 15) is 0 Å². The molecule has 1 aliphatic carbocycles. The van der Waals surface area contributed by atoms with E-state index in [1.165, 1.54) is 18.5 Å². The zero-order chi connectivity index (χ0) is 12.5. The predicted octanol–water partition coefficient (Wildman–Crippen LogP) is 1.90. The molecule has 0 radical (unpaired) electrons. The van der Waals surface area contributed by atoms with Crippen LogP contribution in [0.25, 0.3) is 5.65 Å². The molecule has 1 fully saturated rings. The van der Waals surface area contributed by atoms with Gasteiger partial charge in [-0.15, -0.1) is 0 Å². The van der Waals surface area contributed by atoms with Crippen molar-refractivity contribution in [2.24, 2.45) is 5.92 Å². The highest BCUT2D eigenvalue weighted by atomic mass is 15.2. The Morgan fingerprint density at radius 1 is 1.44 bits per heavy atom. The monoisotopic (exact) mass is 244 g/mol. The first-order chi connectivity index (χ1) is 8.79. The molecule has 0 aromatic carbocycles. The number of pyridine rings is 1. The largest absolute Gasteiger partial charge is 0.358 e. The van der Waals surface area contributed by atoms with Crippen molar-refractivity contribution in [3.05, 3.63) is 30.1 Å². The summed E-state index contributed by atoms with van der Waals surface area (Å²) in [4.78, 5) is 7.06. The average Bonchev–Trinajstić information content (AvgIpc) is 3.11. The lowest BCUT2D eigenvalue weighted by molar-refractivity contribution is 0.748. The molecule has 1 aliphatic rings. The molecular formula is C14H20N4. The summed E-state index contributed by atoms with van der Waals surface area (Å²) in [6.45, 7) is 1.97. The van der Waals surface area contributed by atoms with Gasteiger partial charge in [0.15, 0.2) is 5.82 Å². The molecule has 96 valence electrons. The number of hydrogen-bond acceptors (Lipinski definition) is 3. The Bertz CT molecular complexity index is 542. The molecule has 0 saturated heterocycles. The van der Waals surface area contributed by atoms with Crippen LogP contribution < -0.4 is 10.2 Å². The standard InChI is InChI=1S/C14H20N4/c1-15-9-12-14(17(2)10-11-6-7-11)16-13-5-3-4-8-18(12)13/h3-5,8,11,15H,6-7,9-10H2,1-2H3. The van der Waals surface area contributed by atoms with Crippen LogP contribution in [0.3, 0.4) is 0 Å². The topological polar surface area (TPSA) is 32.6 Å². The van der Waals surface area contributed by atoms with Crippen LogP contribution in [-0.4, -0.2) is 30.0 Å². The Morgan fingerprint density at radius 3 is 3.00 bits per heavy atom. The van der Waals surface area contributed by atoms with E-state index in [0.717, 1.165) is 30.5 Å². The number of anilines is 1. The van der Waals surface area contributed by atoms with Gasteiger partial charge in [-0.2, -0.15) is 0 Å². The maximum atomic E-state index is 4.76. The SMILES string of the molecule is CNCc1c(N(C)CC2CC2)nc2ccccn12. The smallest absolute Gasteiger partial charge is 0.152 e. The van der Waals surface area contributed by atoms with Crippen molar-refractivity contribution in [2.75, 3.05) is 25.5 Å². The van der Waals surface area contributed by atoms with Crippen molar-refractivity contribution in [1.82, 2.24) is 14.7 Å². The van der Waals surface area contributed by atoms with Crippen molar-refractivity contribution in [3.63, 3.8) is 0 Å². The van der Waals surface area contributed by atoms with Crippen molar-refractivity contribution >= 4 is 11.5 Å². The normalized spacial score (nSPS) is 15.2. The third kappa shape index (κ3) is 2.08. The van der Waals surface area contributed by atoms with Gasteiger partial charge in [-0.3, -0.25) is 0 Å². The van der Waals surface area contributed by atoms with Gasteiger partial charge >= 0.3 is 0 Å². The second-order valence-electron chi connectivity index (χ2n) is 5.17. The van der Waals surface area contributed by atoms with Gasteiger partial charge in [0.1, 0.15) is 5.65 Å². The predicted molar refractivity (Wildman–Crippen MR) is 73.9 cm³/mol. The van der Waals surface area contributed by atoms with Crippen LogP contribution in [0.5, 0.6) is 0 Å². The third-order valence-electron chi connectivity index (χ3n) is 3.54. The van der Waals surface area contributed by atoms with E-state index in [2.05, 4.69) is 40.0 Å². The van der Waals surface area contributed by atoms with Gasteiger partial charge in [0, 0.05) is 26.3 Å². The van der Waals surface area contributed by atoms with Crippen molar-refractivity contribution in [3.8, 4) is 0 Å². The van der Waals surface area contributed by atoms with Crippen LogP contribution >= 0.6 is 0 Å². The van der Waals surface area contributed by atoms with E-state index < -0.39 is 0 Å². The highest BCUT2D eigenvalue weighted by molar-refractivity contribution is 5.55. The van der Waals surface area contributed by atoms with Gasteiger partial charge in [-0.1, -0.05) is 6.07 Å². The van der Waals surface area contributed by atoms with Gasteiger partial charge in [-0.05, 0) is 37.9 Å². The number of hydrogen-bond donors (Lipinski definition) is 1. The van der Waals surface area contributed by atoms with E-state index in [1.54, 1.807) is 0 Å². The minimum Gasteiger partial charge on any atom is -0.358 e. The Hall–Kier alpha value is -1.55. The number of fused-ring (bicyclic) bond motifs is 1. The fourth-order valence-corrected chi connectivity index (χ4v) is 2.45. The summed E-state index contributed by atoms with van der Waals surface area (Å²) in [7, 11) is 4.13. The molecule has 1 saturated carbocycles. The molecule has 2 aromatic heterocycles. The van der Waals surface area contributed by atoms with Crippen molar-refractivity contribution < 1.29 is 0 Å². The fraction of sp³-hybridized carbons (Fsp3) is 0.500. The van der Waals surface area contributed by atoms with Crippen molar-refractivity contribution in [1.29, 1.82) is 0 Å². The Balaban J connectivity index is 1.99. The van der Waals surface area contributed by atoms with Crippen LogP contribution in [0.2, 0.25) is 0 Å². The summed E-state index contributed by atoms with van der Waals surface area (Å²) in [5.41, 5.74) is 2.27. The molecule has 4 heteroatoms. The molecule has 0 atom stereocenters. The number of nitrogens with one attached hydrogen (secondary N) is 1. The fourth-order valence-electron chi connectivity index (χ4n) is 2.45. The summed E-state index contributed by atoms with van der Waals surface area (Å²) in [6.07, 6.45) is 4.83. The molecule has 3 rings (SSSR count). The lowest BCUT2D eigenvalue weighted by Gasteiger charge is -2.18. The maximum absolute atomic E-state index is 4.76. The zero-order valence-electron chi connectivity index (χ0n) is 11.1. The second kappa shape index (κ2) is 4.61. The lowest BCUT2D eigenvalue weighted by atomic mass is 10.3. The first-order valence-electron chi connectivity index (χ1n) is 6.61. The van der Waals surface area contributed by atoms with Crippen LogP contribution in [0.1, 0.15) is 18.5 Å². The van der Waals surface area contributed by atoms with Crippen LogP contribution in [0, 0.1) is 5.92 Å². The number of rotatable bonds is 5. The number of aromatic nitrogens is 2. The summed E-state index contributed by atoms with van der Waals surface area (Å²) in [5.74, 6) is 1.99. The molecule has 2 heterocycles. The van der Waals surface area contributed by atoms with Crippen LogP contribution in [-0.2, 0) is 6.54 Å². The van der Waals surface area contributed by atoms with E-state index in [1.807, 2.05) is 13.1 Å². The molecule has 0 bridgehead atoms. The van der Waals surface area contributed by atoms with Gasteiger partial charge in [0.2, 0.25) is 0 Å². The maximum Gasteiger partial charge on any atom is 0.152 e. The zero-order valence-corrected chi connectivity index (χ0v) is 11.1. The van der Waals surface area contributed by atoms with E-state index in [-0.39, 0.29) is 0 Å². The quantitative estimate of drug-likeness (QED) is 0.872. The number of imidazole rings is 1. The molecule has 1 N–H and O–H groups in total. The first kappa shape index (κ1) is 11.5. The Labute approximate surface area is 108 Å². The number of nitrogens with zero attached hydrogens (tertiary/aromatic N) is 3. The van der Waals surface area contributed by atoms with Crippen LogP contribution in [0.4, 0.5) is 5.82 Å². The minimum absolute atomic E-state index is 0.843. The van der Waals surface area contributed by atoms with Gasteiger partial charge in [-0.25, -0.2) is 4.98 Å². The molecule has 4 nitrogen and oxygen atoms in total. The molecule has 18 heavy (non-hydrogen) atoms. The Kier molecular flexibility index (Phi) is 2.96. The van der Waals surface area contributed by atoms with E-state index >= 15 is 0 Å². The van der Waals surface area contributed by atoms with Crippen LogP contribution in [0.15, 0.2) is 24.4 Å². The second-order valence-corrected chi connectivity index (χ2v) is 5.17. The third-order valence-corrected chi connectivity index (χ3v) is 3.54. The summed E-state index contributed by atoms with van der Waals surface area (Å²) in [6, 6.07) is 6.16. The molecule has 0 aliphatic heterocycles. The summed E-state index contributed by atoms with van der Waals surface area (Å²) >= 11 is 0. The summed E-state index contributed by atoms with van der Waals surface area (Å²) < 4.78 is 2.18. The first-order valence-corrected chi connectivity index (χ1v) is 6.61. The molecule has 0 spiro atoms. The van der Waals surface area contributed by atoms with Crippen molar-refractivity contribution in [2.45, 2.75) is 19.4 Å². The highest BCUT2D eigenvalue weighted by Crippen LogP contribution is 2.31. The Morgan fingerprint density at radius 2 is 2.28 bits per heavy atom. The van der Waals surface area contributed by atoms with Gasteiger partial charge in [0.25, 0.3) is 0 Å². The highest BCUT2D eigenvalue weighted by Gasteiger charge is 2.25. The van der Waals surface area contributed by atoms with E-state index in [4.69, 9.17) is 4.98 Å². The summed E-state index contributed by atoms with van der Waals surface area (Å²) in [5, 5.41) is 3.24. The molecule has 0 amide bonds. The van der Waals surface area contributed by atoms with Gasteiger partial charge in [0.05, 0.1) is 5.69 Å². The average molecular weight is 244 g/mol. The minimum atomic E-state index is 0.843. The van der Waals surface area contributed by atoms with Gasteiger partial charge < -0.3 is 14.6 Å². The lowest BCUT2D eigenvalue weighted by Crippen LogP contribution is -2.23. The molecule has 2 aromatic rings. The van der Waals surface area contributed by atoms with E-state index in [0.29, 0.717) is 0 Å².